The Morgan fingerprint density at radius 1 is 1.12 bits per heavy atom. The monoisotopic (exact) mass is 388 g/mol. The summed E-state index contributed by atoms with van der Waals surface area (Å²) in [5.74, 6) is -2.73. The van der Waals surface area contributed by atoms with Crippen molar-refractivity contribution in [3.05, 3.63) is 64.7 Å². The quantitative estimate of drug-likeness (QED) is 0.763. The van der Waals surface area contributed by atoms with Gasteiger partial charge in [-0.25, -0.2) is 17.2 Å². The SMILES string of the molecule is O=C(O)CCCC(c1cc(F)ccc1F)S(=O)(=O)c1ccc(Cl)cc1. The summed E-state index contributed by atoms with van der Waals surface area (Å²) in [5, 5.41) is 7.68. The molecule has 0 spiro atoms. The molecule has 134 valence electrons. The summed E-state index contributed by atoms with van der Waals surface area (Å²) in [6.07, 6.45) is -0.427. The molecule has 0 fully saturated rings. The summed E-state index contributed by atoms with van der Waals surface area (Å²) in [6, 6.07) is 7.88. The minimum absolute atomic E-state index is 0.00275. The summed E-state index contributed by atoms with van der Waals surface area (Å²) < 4.78 is 53.5. The number of rotatable bonds is 7. The van der Waals surface area contributed by atoms with Gasteiger partial charge < -0.3 is 5.11 Å². The standard InChI is InChI=1S/C17H15ClF2O4S/c18-11-4-7-13(8-5-11)25(23,24)16(2-1-3-17(21)22)14-10-12(19)6-9-15(14)20/h4-10,16H,1-3H2,(H,21,22). The van der Waals surface area contributed by atoms with E-state index in [9.17, 15) is 22.0 Å². The average molecular weight is 389 g/mol. The van der Waals surface area contributed by atoms with E-state index in [-0.39, 0.29) is 29.7 Å². The first-order valence-corrected chi connectivity index (χ1v) is 9.30. The van der Waals surface area contributed by atoms with Crippen molar-refractivity contribution in [2.24, 2.45) is 0 Å². The van der Waals surface area contributed by atoms with Crippen LogP contribution in [0.15, 0.2) is 47.4 Å². The largest absolute Gasteiger partial charge is 0.481 e. The van der Waals surface area contributed by atoms with Crippen LogP contribution in [0.5, 0.6) is 0 Å². The van der Waals surface area contributed by atoms with Gasteiger partial charge in [-0.3, -0.25) is 4.79 Å². The van der Waals surface area contributed by atoms with Gasteiger partial charge in [-0.2, -0.15) is 0 Å². The van der Waals surface area contributed by atoms with Crippen LogP contribution in [0.1, 0.15) is 30.1 Å². The number of hydrogen-bond donors (Lipinski definition) is 1. The zero-order valence-electron chi connectivity index (χ0n) is 13.0. The van der Waals surface area contributed by atoms with Crippen LogP contribution < -0.4 is 0 Å². The molecule has 1 atom stereocenters. The Labute approximate surface area is 149 Å². The first-order valence-electron chi connectivity index (χ1n) is 7.38. The number of benzene rings is 2. The third-order valence-corrected chi connectivity index (χ3v) is 6.10. The van der Waals surface area contributed by atoms with Gasteiger partial charge in [0.05, 0.1) is 10.1 Å². The van der Waals surface area contributed by atoms with E-state index in [2.05, 4.69) is 0 Å². The highest BCUT2D eigenvalue weighted by Crippen LogP contribution is 2.35. The van der Waals surface area contributed by atoms with Gasteiger partial charge in [-0.15, -0.1) is 0 Å². The maximum atomic E-state index is 14.1. The summed E-state index contributed by atoms with van der Waals surface area (Å²) in [4.78, 5) is 10.6. The molecule has 2 aromatic carbocycles. The summed E-state index contributed by atoms with van der Waals surface area (Å²) in [5.41, 5.74) is -0.319. The Morgan fingerprint density at radius 2 is 1.76 bits per heavy atom. The van der Waals surface area contributed by atoms with Crippen molar-refractivity contribution in [2.45, 2.75) is 29.4 Å². The summed E-state index contributed by atoms with van der Waals surface area (Å²) >= 11 is 5.75. The second-order valence-corrected chi connectivity index (χ2v) is 8.01. The lowest BCUT2D eigenvalue weighted by molar-refractivity contribution is -0.137. The molecule has 0 saturated heterocycles. The molecular formula is C17H15ClF2O4S. The van der Waals surface area contributed by atoms with Crippen LogP contribution in [0.4, 0.5) is 8.78 Å². The molecule has 0 bridgehead atoms. The predicted molar refractivity (Wildman–Crippen MR) is 89.2 cm³/mol. The summed E-state index contributed by atoms with van der Waals surface area (Å²) in [6.45, 7) is 0. The molecule has 25 heavy (non-hydrogen) atoms. The smallest absolute Gasteiger partial charge is 0.303 e. The highest BCUT2D eigenvalue weighted by atomic mass is 35.5. The Hall–Kier alpha value is -1.99. The first-order chi connectivity index (χ1) is 11.7. The van der Waals surface area contributed by atoms with E-state index in [1.54, 1.807) is 0 Å². The Morgan fingerprint density at radius 3 is 2.36 bits per heavy atom. The van der Waals surface area contributed by atoms with Crippen molar-refractivity contribution in [3.8, 4) is 0 Å². The lowest BCUT2D eigenvalue weighted by atomic mass is 10.1. The molecule has 0 aliphatic heterocycles. The van der Waals surface area contributed by atoms with E-state index in [4.69, 9.17) is 16.7 Å². The van der Waals surface area contributed by atoms with E-state index in [0.29, 0.717) is 5.02 Å². The zero-order chi connectivity index (χ0) is 18.6. The molecule has 0 heterocycles. The maximum Gasteiger partial charge on any atom is 0.303 e. The van der Waals surface area contributed by atoms with Crippen LogP contribution in [0.2, 0.25) is 5.02 Å². The molecule has 4 nitrogen and oxygen atoms in total. The molecule has 1 unspecified atom stereocenters. The van der Waals surface area contributed by atoms with E-state index < -0.39 is 32.7 Å². The minimum Gasteiger partial charge on any atom is -0.481 e. The number of hydrogen-bond acceptors (Lipinski definition) is 3. The highest BCUT2D eigenvalue weighted by molar-refractivity contribution is 7.91. The Kier molecular flexibility index (Phi) is 6.13. The number of carboxylic acid groups (broad SMARTS) is 1. The van der Waals surface area contributed by atoms with Crippen molar-refractivity contribution in [1.82, 2.24) is 0 Å². The van der Waals surface area contributed by atoms with Crippen LogP contribution in [0, 0.1) is 11.6 Å². The van der Waals surface area contributed by atoms with Gasteiger partial charge in [0.15, 0.2) is 9.84 Å². The van der Waals surface area contributed by atoms with Crippen LogP contribution in [0.3, 0.4) is 0 Å². The molecule has 0 radical (unpaired) electrons. The molecule has 0 aromatic heterocycles. The van der Waals surface area contributed by atoms with Crippen molar-refractivity contribution >= 4 is 27.4 Å². The van der Waals surface area contributed by atoms with Crippen LogP contribution >= 0.6 is 11.6 Å². The molecule has 2 rings (SSSR count). The van der Waals surface area contributed by atoms with Gasteiger partial charge in [0.2, 0.25) is 0 Å². The summed E-state index contributed by atoms with van der Waals surface area (Å²) in [7, 11) is -4.07. The predicted octanol–water partition coefficient (Wildman–Crippen LogP) is 4.39. The van der Waals surface area contributed by atoms with Gasteiger partial charge in [0.25, 0.3) is 0 Å². The molecular weight excluding hydrogens is 374 g/mol. The number of carboxylic acids is 1. The van der Waals surface area contributed by atoms with Gasteiger partial charge >= 0.3 is 5.97 Å². The van der Waals surface area contributed by atoms with Crippen molar-refractivity contribution in [1.29, 1.82) is 0 Å². The molecule has 2 aromatic rings. The average Bonchev–Trinajstić information content (AvgIpc) is 2.54. The van der Waals surface area contributed by atoms with Gasteiger partial charge in [0.1, 0.15) is 11.6 Å². The van der Waals surface area contributed by atoms with E-state index in [0.717, 1.165) is 18.2 Å². The number of carbonyl (C=O) groups is 1. The third kappa shape index (κ3) is 4.76. The van der Waals surface area contributed by atoms with Crippen molar-refractivity contribution in [3.63, 3.8) is 0 Å². The molecule has 8 heteroatoms. The van der Waals surface area contributed by atoms with E-state index in [1.807, 2.05) is 0 Å². The lowest BCUT2D eigenvalue weighted by Gasteiger charge is -2.19. The minimum atomic E-state index is -4.07. The number of halogens is 3. The fourth-order valence-electron chi connectivity index (χ4n) is 2.47. The van der Waals surface area contributed by atoms with Crippen LogP contribution in [-0.2, 0) is 14.6 Å². The topological polar surface area (TPSA) is 71.4 Å². The second kappa shape index (κ2) is 7.93. The Bertz CT molecular complexity index is 867. The van der Waals surface area contributed by atoms with Crippen molar-refractivity contribution in [2.75, 3.05) is 0 Å². The third-order valence-electron chi connectivity index (χ3n) is 3.68. The molecule has 0 amide bonds. The van der Waals surface area contributed by atoms with E-state index in [1.165, 1.54) is 24.3 Å². The zero-order valence-corrected chi connectivity index (χ0v) is 14.5. The second-order valence-electron chi connectivity index (χ2n) is 5.44. The molecule has 0 saturated carbocycles. The van der Waals surface area contributed by atoms with E-state index >= 15 is 0 Å². The van der Waals surface area contributed by atoms with Crippen molar-refractivity contribution < 1.29 is 27.1 Å². The normalized spacial score (nSPS) is 12.8. The molecule has 1 N–H and O–H groups in total. The van der Waals surface area contributed by atoms with Crippen LogP contribution in [-0.4, -0.2) is 19.5 Å². The molecule has 0 aliphatic carbocycles. The fourth-order valence-corrected chi connectivity index (χ4v) is 4.43. The Balaban J connectivity index is 2.47. The highest BCUT2D eigenvalue weighted by Gasteiger charge is 2.31. The van der Waals surface area contributed by atoms with Gasteiger partial charge in [-0.1, -0.05) is 11.6 Å². The maximum absolute atomic E-state index is 14.1. The van der Waals surface area contributed by atoms with Crippen LogP contribution in [0.25, 0.3) is 0 Å². The number of aliphatic carboxylic acids is 1. The van der Waals surface area contributed by atoms with Gasteiger partial charge in [-0.05, 0) is 55.3 Å². The van der Waals surface area contributed by atoms with Gasteiger partial charge in [0, 0.05) is 17.0 Å². The fraction of sp³-hybridized carbons (Fsp3) is 0.235. The number of sulfone groups is 1. The lowest BCUT2D eigenvalue weighted by Crippen LogP contribution is -2.16. The molecule has 0 aliphatic rings. The first kappa shape index (κ1) is 19.3.